The fourth-order valence-corrected chi connectivity index (χ4v) is 1.57. The monoisotopic (exact) mass is 346 g/mol. The first-order valence-corrected chi connectivity index (χ1v) is 6.85. The first-order valence-electron chi connectivity index (χ1n) is 6.85. The Morgan fingerprint density at radius 3 is 2.29 bits per heavy atom. The number of alkyl halides is 3. The van der Waals surface area contributed by atoms with E-state index in [9.17, 15) is 27.6 Å². The van der Waals surface area contributed by atoms with E-state index >= 15 is 0 Å². The summed E-state index contributed by atoms with van der Waals surface area (Å²) < 4.78 is 42.3. The van der Waals surface area contributed by atoms with Crippen molar-refractivity contribution in [2.24, 2.45) is 0 Å². The molecule has 0 aliphatic carbocycles. The Balaban J connectivity index is 2.57. The summed E-state index contributed by atoms with van der Waals surface area (Å²) in [6.07, 6.45) is -4.60. The number of urea groups is 1. The molecule has 0 radical (unpaired) electrons. The third-order valence-electron chi connectivity index (χ3n) is 2.50. The molecule has 1 aromatic rings. The summed E-state index contributed by atoms with van der Waals surface area (Å²) in [5.41, 5.74) is -1.93. The van der Waals surface area contributed by atoms with Crippen LogP contribution in [-0.4, -0.2) is 30.1 Å². The van der Waals surface area contributed by atoms with Crippen molar-refractivity contribution in [3.63, 3.8) is 0 Å². The van der Waals surface area contributed by atoms with Crippen LogP contribution >= 0.6 is 0 Å². The highest BCUT2D eigenvalue weighted by molar-refractivity contribution is 5.97. The number of carbonyl (C=O) groups excluding carboxylic acids is 3. The van der Waals surface area contributed by atoms with Gasteiger partial charge in [0.1, 0.15) is 0 Å². The minimum Gasteiger partial charge on any atom is -0.452 e. The van der Waals surface area contributed by atoms with Crippen LogP contribution in [0, 0.1) is 0 Å². The molecule has 0 aliphatic rings. The second-order valence-electron chi connectivity index (χ2n) is 5.91. The van der Waals surface area contributed by atoms with Crippen LogP contribution in [-0.2, 0) is 15.7 Å². The number of esters is 1. The average molecular weight is 346 g/mol. The van der Waals surface area contributed by atoms with Crippen molar-refractivity contribution in [2.75, 3.05) is 6.61 Å². The summed E-state index contributed by atoms with van der Waals surface area (Å²) >= 11 is 0. The molecule has 0 saturated heterocycles. The summed E-state index contributed by atoms with van der Waals surface area (Å²) in [5.74, 6) is -2.01. The number of hydrogen-bond donors (Lipinski definition) is 2. The molecule has 24 heavy (non-hydrogen) atoms. The van der Waals surface area contributed by atoms with Gasteiger partial charge in [-0.15, -0.1) is 0 Å². The molecule has 0 saturated carbocycles. The molecule has 9 heteroatoms. The Morgan fingerprint density at radius 2 is 1.75 bits per heavy atom. The Bertz CT molecular complexity index is 636. The molecule has 2 N–H and O–H groups in total. The van der Waals surface area contributed by atoms with Crippen LogP contribution in [0.4, 0.5) is 18.0 Å². The van der Waals surface area contributed by atoms with Crippen molar-refractivity contribution in [1.82, 2.24) is 10.6 Å². The fraction of sp³-hybridized carbons (Fsp3) is 0.400. The van der Waals surface area contributed by atoms with Crippen LogP contribution in [0.1, 0.15) is 36.7 Å². The number of imide groups is 1. The summed E-state index contributed by atoms with van der Waals surface area (Å²) in [4.78, 5) is 34.6. The van der Waals surface area contributed by atoms with E-state index < -0.39 is 41.8 Å². The van der Waals surface area contributed by atoms with Crippen LogP contribution in [0.2, 0.25) is 0 Å². The van der Waals surface area contributed by atoms with Gasteiger partial charge in [0.05, 0.1) is 11.1 Å². The number of hydrogen-bond acceptors (Lipinski definition) is 4. The molecule has 0 unspecified atom stereocenters. The smallest absolute Gasteiger partial charge is 0.416 e. The molecule has 0 fully saturated rings. The van der Waals surface area contributed by atoms with Gasteiger partial charge in [-0.1, -0.05) is 6.07 Å². The molecule has 0 bridgehead atoms. The van der Waals surface area contributed by atoms with Gasteiger partial charge in [0, 0.05) is 5.54 Å². The van der Waals surface area contributed by atoms with Crippen LogP contribution in [0.15, 0.2) is 24.3 Å². The molecule has 0 atom stereocenters. The molecule has 3 amide bonds. The van der Waals surface area contributed by atoms with Gasteiger partial charge >= 0.3 is 18.2 Å². The normalized spacial score (nSPS) is 11.6. The summed E-state index contributed by atoms with van der Waals surface area (Å²) in [5, 5.41) is 4.39. The van der Waals surface area contributed by atoms with Gasteiger partial charge in [0.15, 0.2) is 6.61 Å². The minimum absolute atomic E-state index is 0.350. The highest BCUT2D eigenvalue weighted by Crippen LogP contribution is 2.29. The van der Waals surface area contributed by atoms with Gasteiger partial charge in [-0.3, -0.25) is 10.1 Å². The zero-order chi connectivity index (χ0) is 18.5. The highest BCUT2D eigenvalue weighted by Gasteiger charge is 2.31. The van der Waals surface area contributed by atoms with Crippen molar-refractivity contribution in [1.29, 1.82) is 0 Å². The zero-order valence-corrected chi connectivity index (χ0v) is 13.3. The molecular weight excluding hydrogens is 329 g/mol. The van der Waals surface area contributed by atoms with Gasteiger partial charge in [0.2, 0.25) is 0 Å². The Hall–Kier alpha value is -2.58. The van der Waals surface area contributed by atoms with E-state index in [2.05, 4.69) is 10.1 Å². The predicted octanol–water partition coefficient (Wildman–Crippen LogP) is 2.49. The maximum Gasteiger partial charge on any atom is 0.416 e. The van der Waals surface area contributed by atoms with E-state index in [0.717, 1.165) is 18.2 Å². The van der Waals surface area contributed by atoms with Crippen molar-refractivity contribution in [3.8, 4) is 0 Å². The first kappa shape index (κ1) is 19.5. The number of rotatable bonds is 3. The number of halogens is 3. The number of carbonyl (C=O) groups is 3. The molecule has 1 aromatic carbocycles. The van der Waals surface area contributed by atoms with Crippen LogP contribution in [0.25, 0.3) is 0 Å². The molecular formula is C15H17F3N2O4. The van der Waals surface area contributed by atoms with Crippen molar-refractivity contribution < 1.29 is 32.3 Å². The van der Waals surface area contributed by atoms with Crippen LogP contribution in [0.3, 0.4) is 0 Å². The molecule has 0 aromatic heterocycles. The summed E-state index contributed by atoms with van der Waals surface area (Å²) in [7, 11) is 0. The first-order chi connectivity index (χ1) is 10.9. The minimum atomic E-state index is -4.60. The number of amides is 3. The van der Waals surface area contributed by atoms with Gasteiger partial charge < -0.3 is 10.1 Å². The van der Waals surface area contributed by atoms with Gasteiger partial charge in [0.25, 0.3) is 5.91 Å². The van der Waals surface area contributed by atoms with E-state index in [1.165, 1.54) is 0 Å². The SMILES string of the molecule is CC(C)(C)NC(=O)NC(=O)COC(=O)c1cccc(C(F)(F)F)c1. The van der Waals surface area contributed by atoms with E-state index in [0.29, 0.717) is 6.07 Å². The average Bonchev–Trinajstić information content (AvgIpc) is 2.41. The molecule has 0 aliphatic heterocycles. The number of nitrogens with one attached hydrogen (secondary N) is 2. The maximum absolute atomic E-state index is 12.6. The standard InChI is InChI=1S/C15H17F3N2O4/c1-14(2,3)20-13(23)19-11(21)8-24-12(22)9-5-4-6-10(7-9)15(16,17)18/h4-7H,8H2,1-3H3,(H2,19,20,21,23). The van der Waals surface area contributed by atoms with Gasteiger partial charge in [-0.25, -0.2) is 9.59 Å². The lowest BCUT2D eigenvalue weighted by atomic mass is 10.1. The second kappa shape index (κ2) is 7.33. The van der Waals surface area contributed by atoms with E-state index in [1.54, 1.807) is 20.8 Å². The molecule has 0 heterocycles. The maximum atomic E-state index is 12.6. The van der Waals surface area contributed by atoms with E-state index in [4.69, 9.17) is 0 Å². The van der Waals surface area contributed by atoms with Crippen molar-refractivity contribution >= 4 is 17.9 Å². The topological polar surface area (TPSA) is 84.5 Å². The van der Waals surface area contributed by atoms with Crippen molar-refractivity contribution in [2.45, 2.75) is 32.5 Å². The molecule has 132 valence electrons. The van der Waals surface area contributed by atoms with E-state index in [-0.39, 0.29) is 5.56 Å². The quantitative estimate of drug-likeness (QED) is 0.824. The fourth-order valence-electron chi connectivity index (χ4n) is 1.57. The number of ether oxygens (including phenoxy) is 1. The van der Waals surface area contributed by atoms with Crippen LogP contribution < -0.4 is 10.6 Å². The summed E-state index contributed by atoms with van der Waals surface area (Å²) in [6, 6.07) is 2.83. The van der Waals surface area contributed by atoms with Gasteiger partial charge in [-0.2, -0.15) is 13.2 Å². The lowest BCUT2D eigenvalue weighted by Gasteiger charge is -2.20. The Kier molecular flexibility index (Phi) is 5.94. The van der Waals surface area contributed by atoms with Crippen LogP contribution in [0.5, 0.6) is 0 Å². The third kappa shape index (κ3) is 6.67. The van der Waals surface area contributed by atoms with E-state index in [1.807, 2.05) is 5.32 Å². The third-order valence-corrected chi connectivity index (χ3v) is 2.50. The zero-order valence-electron chi connectivity index (χ0n) is 13.3. The number of benzene rings is 1. The molecule has 6 nitrogen and oxygen atoms in total. The Morgan fingerprint density at radius 1 is 1.12 bits per heavy atom. The Labute approximate surface area is 136 Å². The van der Waals surface area contributed by atoms with Crippen molar-refractivity contribution in [3.05, 3.63) is 35.4 Å². The predicted molar refractivity (Wildman–Crippen MR) is 78.2 cm³/mol. The van der Waals surface area contributed by atoms with Gasteiger partial charge in [-0.05, 0) is 39.0 Å². The largest absolute Gasteiger partial charge is 0.452 e. The second-order valence-corrected chi connectivity index (χ2v) is 5.91. The lowest BCUT2D eigenvalue weighted by molar-refractivity contribution is -0.137. The molecule has 1 rings (SSSR count). The lowest BCUT2D eigenvalue weighted by Crippen LogP contribution is -2.49. The molecule has 0 spiro atoms. The summed E-state index contributed by atoms with van der Waals surface area (Å²) in [6.45, 7) is 4.30. The highest BCUT2D eigenvalue weighted by atomic mass is 19.4.